The lowest BCUT2D eigenvalue weighted by Crippen LogP contribution is -2.32. The van der Waals surface area contributed by atoms with Gasteiger partial charge in [0, 0.05) is 42.4 Å². The van der Waals surface area contributed by atoms with Gasteiger partial charge in [-0.25, -0.2) is 0 Å². The summed E-state index contributed by atoms with van der Waals surface area (Å²) in [5, 5.41) is 3.06. The maximum atomic E-state index is 12.7. The molecule has 0 aromatic heterocycles. The van der Waals surface area contributed by atoms with Crippen molar-refractivity contribution < 1.29 is 9.53 Å². The van der Waals surface area contributed by atoms with Crippen molar-refractivity contribution in [3.63, 3.8) is 0 Å². The number of ether oxygens (including phenoxy) is 1. The molecule has 25 heavy (non-hydrogen) atoms. The Hall–Kier alpha value is -1.98. The van der Waals surface area contributed by atoms with Crippen LogP contribution in [0.15, 0.2) is 48.5 Å². The number of rotatable bonds is 4. The van der Waals surface area contributed by atoms with E-state index in [-0.39, 0.29) is 11.8 Å². The van der Waals surface area contributed by atoms with Gasteiger partial charge in [-0.05, 0) is 23.8 Å². The molecule has 2 aliphatic rings. The molecule has 2 aromatic rings. The fourth-order valence-corrected chi connectivity index (χ4v) is 4.35. The van der Waals surface area contributed by atoms with Crippen LogP contribution in [0, 0.1) is 0 Å². The van der Waals surface area contributed by atoms with Crippen LogP contribution in [0.5, 0.6) is 5.75 Å². The molecule has 1 saturated heterocycles. The molecule has 2 aromatic carbocycles. The highest BCUT2D eigenvalue weighted by Crippen LogP contribution is 2.34. The Kier molecular flexibility index (Phi) is 4.95. The van der Waals surface area contributed by atoms with E-state index >= 15 is 0 Å². The van der Waals surface area contributed by atoms with E-state index in [9.17, 15) is 4.79 Å². The highest BCUT2D eigenvalue weighted by molar-refractivity contribution is 7.99. The molecule has 1 N–H and O–H groups in total. The van der Waals surface area contributed by atoms with Crippen LogP contribution in [0.3, 0.4) is 0 Å². The normalized spacial score (nSPS) is 19.9. The number of thioether (sulfide) groups is 1. The van der Waals surface area contributed by atoms with Gasteiger partial charge >= 0.3 is 0 Å². The van der Waals surface area contributed by atoms with Crippen LogP contribution >= 0.6 is 11.8 Å². The molecule has 1 fully saturated rings. The number of amides is 1. The van der Waals surface area contributed by atoms with Gasteiger partial charge in [-0.15, -0.1) is 0 Å². The monoisotopic (exact) mass is 354 g/mol. The van der Waals surface area contributed by atoms with E-state index in [1.54, 1.807) is 0 Å². The lowest BCUT2D eigenvalue weighted by atomic mass is 10.0. The minimum absolute atomic E-state index is 0.00327. The second-order valence-electron chi connectivity index (χ2n) is 6.48. The van der Waals surface area contributed by atoms with Gasteiger partial charge in [-0.3, -0.25) is 9.69 Å². The number of carbonyl (C=O) groups is 1. The highest BCUT2D eigenvalue weighted by atomic mass is 32.2. The lowest BCUT2D eigenvalue weighted by Gasteiger charge is -2.26. The summed E-state index contributed by atoms with van der Waals surface area (Å²) in [5.74, 6) is 2.99. The van der Waals surface area contributed by atoms with Crippen molar-refractivity contribution in [3.05, 3.63) is 59.7 Å². The number of para-hydroxylation sites is 1. The number of nitrogens with zero attached hydrogens (tertiary/aromatic N) is 1. The molecule has 4 nitrogen and oxygen atoms in total. The topological polar surface area (TPSA) is 41.6 Å². The van der Waals surface area contributed by atoms with Crippen molar-refractivity contribution in [1.29, 1.82) is 0 Å². The first-order valence-corrected chi connectivity index (χ1v) is 9.87. The number of fused-ring (bicyclic) bond motifs is 1. The first kappa shape index (κ1) is 16.5. The molecule has 1 atom stereocenters. The Morgan fingerprint density at radius 1 is 1.16 bits per heavy atom. The zero-order valence-electron chi connectivity index (χ0n) is 14.1. The van der Waals surface area contributed by atoms with Crippen molar-refractivity contribution in [3.8, 4) is 5.75 Å². The molecule has 0 radical (unpaired) electrons. The number of hydrogen-bond donors (Lipinski definition) is 1. The average molecular weight is 354 g/mol. The Morgan fingerprint density at radius 3 is 2.88 bits per heavy atom. The maximum absolute atomic E-state index is 12.7. The van der Waals surface area contributed by atoms with Crippen molar-refractivity contribution in [2.45, 2.75) is 12.5 Å². The maximum Gasteiger partial charge on any atom is 0.235 e. The zero-order chi connectivity index (χ0) is 17.1. The second-order valence-corrected chi connectivity index (χ2v) is 7.70. The summed E-state index contributed by atoms with van der Waals surface area (Å²) in [5.41, 5.74) is 3.08. The van der Waals surface area contributed by atoms with Gasteiger partial charge < -0.3 is 10.1 Å². The molecule has 1 amide bonds. The summed E-state index contributed by atoms with van der Waals surface area (Å²) in [4.78, 5) is 15.1. The summed E-state index contributed by atoms with van der Waals surface area (Å²) in [6.45, 7) is 3.63. The number of benzene rings is 2. The Balaban J connectivity index is 1.42. The molecular formula is C20H22N2O2S. The molecule has 1 unspecified atom stereocenters. The predicted molar refractivity (Wildman–Crippen MR) is 102 cm³/mol. The number of hydrogen-bond acceptors (Lipinski definition) is 4. The Morgan fingerprint density at radius 2 is 2.00 bits per heavy atom. The first-order valence-electron chi connectivity index (χ1n) is 8.71. The van der Waals surface area contributed by atoms with Gasteiger partial charge in [-0.1, -0.05) is 30.3 Å². The first-order chi connectivity index (χ1) is 12.3. The van der Waals surface area contributed by atoms with E-state index < -0.39 is 0 Å². The summed E-state index contributed by atoms with van der Waals surface area (Å²) < 4.78 is 5.62. The summed E-state index contributed by atoms with van der Waals surface area (Å²) in [6, 6.07) is 16.0. The average Bonchev–Trinajstić information content (AvgIpc) is 3.07. The van der Waals surface area contributed by atoms with E-state index in [2.05, 4.69) is 22.3 Å². The third-order valence-electron chi connectivity index (χ3n) is 4.72. The fourth-order valence-electron chi connectivity index (χ4n) is 3.37. The molecule has 0 aliphatic carbocycles. The van der Waals surface area contributed by atoms with Gasteiger partial charge in [0.1, 0.15) is 18.3 Å². The van der Waals surface area contributed by atoms with Crippen molar-refractivity contribution >= 4 is 23.4 Å². The minimum atomic E-state index is -0.237. The second kappa shape index (κ2) is 7.50. The van der Waals surface area contributed by atoms with Crippen LogP contribution in [0.4, 0.5) is 5.69 Å². The third-order valence-corrected chi connectivity index (χ3v) is 5.66. The van der Waals surface area contributed by atoms with Crippen LogP contribution in [0.1, 0.15) is 17.0 Å². The third kappa shape index (κ3) is 3.83. The van der Waals surface area contributed by atoms with E-state index in [0.29, 0.717) is 6.61 Å². The fraction of sp³-hybridized carbons (Fsp3) is 0.350. The summed E-state index contributed by atoms with van der Waals surface area (Å²) in [6.07, 6.45) is 0. The zero-order valence-corrected chi connectivity index (χ0v) is 14.9. The SMILES string of the molecule is O=C(Nc1cccc(CN2CCSCC2)c1)C1COc2ccccc21. The van der Waals surface area contributed by atoms with Crippen molar-refractivity contribution in [2.24, 2.45) is 0 Å². The number of carbonyl (C=O) groups excluding carboxylic acids is 1. The standard InChI is InChI=1S/C20H22N2O2S/c23-20(18-14-24-19-7-2-1-6-17(18)19)21-16-5-3-4-15(12-16)13-22-8-10-25-11-9-22/h1-7,12,18H,8-11,13-14H2,(H,21,23). The predicted octanol–water partition coefficient (Wildman–Crippen LogP) is 3.35. The minimum Gasteiger partial charge on any atom is -0.492 e. The quantitative estimate of drug-likeness (QED) is 0.914. The molecule has 130 valence electrons. The summed E-state index contributed by atoms with van der Waals surface area (Å²) in [7, 11) is 0. The van der Waals surface area contributed by atoms with E-state index in [1.165, 1.54) is 17.1 Å². The number of anilines is 1. The van der Waals surface area contributed by atoms with Crippen molar-refractivity contribution in [2.75, 3.05) is 36.5 Å². The van der Waals surface area contributed by atoms with Gasteiger partial charge in [0.25, 0.3) is 0 Å². The molecule has 0 bridgehead atoms. The van der Waals surface area contributed by atoms with E-state index in [0.717, 1.165) is 36.6 Å². The van der Waals surface area contributed by atoms with E-state index in [4.69, 9.17) is 4.74 Å². The molecule has 5 heteroatoms. The van der Waals surface area contributed by atoms with Gasteiger partial charge in [0.15, 0.2) is 0 Å². The molecular weight excluding hydrogens is 332 g/mol. The smallest absolute Gasteiger partial charge is 0.235 e. The van der Waals surface area contributed by atoms with Crippen LogP contribution in [-0.2, 0) is 11.3 Å². The Labute approximate surface area is 152 Å². The van der Waals surface area contributed by atoms with Gasteiger partial charge in [0.05, 0.1) is 0 Å². The van der Waals surface area contributed by atoms with Crippen molar-refractivity contribution in [1.82, 2.24) is 4.90 Å². The Bertz CT molecular complexity index is 759. The highest BCUT2D eigenvalue weighted by Gasteiger charge is 2.30. The summed E-state index contributed by atoms with van der Waals surface area (Å²) >= 11 is 2.02. The molecule has 2 heterocycles. The van der Waals surface area contributed by atoms with Crippen LogP contribution in [0.2, 0.25) is 0 Å². The van der Waals surface area contributed by atoms with Crippen LogP contribution in [0.25, 0.3) is 0 Å². The molecule has 0 saturated carbocycles. The molecule has 4 rings (SSSR count). The van der Waals surface area contributed by atoms with E-state index in [1.807, 2.05) is 48.2 Å². The lowest BCUT2D eigenvalue weighted by molar-refractivity contribution is -0.117. The van der Waals surface area contributed by atoms with Gasteiger partial charge in [0.2, 0.25) is 5.91 Å². The van der Waals surface area contributed by atoms with Crippen LogP contribution < -0.4 is 10.1 Å². The number of nitrogens with one attached hydrogen (secondary N) is 1. The largest absolute Gasteiger partial charge is 0.492 e. The molecule has 2 aliphatic heterocycles. The van der Waals surface area contributed by atoms with Crippen LogP contribution in [-0.4, -0.2) is 42.0 Å². The van der Waals surface area contributed by atoms with Gasteiger partial charge in [-0.2, -0.15) is 11.8 Å². The molecule has 0 spiro atoms.